The fourth-order valence-electron chi connectivity index (χ4n) is 2.09. The first-order chi connectivity index (χ1) is 12.0. The Kier molecular flexibility index (Phi) is 10.1. The van der Waals surface area contributed by atoms with Crippen LogP contribution in [0.15, 0.2) is 18.2 Å². The van der Waals surface area contributed by atoms with Crippen molar-refractivity contribution in [2.75, 3.05) is 5.33 Å². The standard InChI is InChI=1S/C19H25BrO5/c1-3-5-7-18(22)24-13-15-11-14(16(21)12-20)9-10-17(15)25-19(23)8-6-4-2/h9-11H,3-8,12-13H2,1-2H3. The van der Waals surface area contributed by atoms with Crippen LogP contribution >= 0.6 is 15.9 Å². The molecule has 0 unspecified atom stereocenters. The van der Waals surface area contributed by atoms with Crippen LogP contribution in [-0.2, 0) is 20.9 Å². The number of halogens is 1. The molecule has 0 aliphatic heterocycles. The summed E-state index contributed by atoms with van der Waals surface area (Å²) in [5.74, 6) is -0.403. The fraction of sp³-hybridized carbons (Fsp3) is 0.526. The van der Waals surface area contributed by atoms with Crippen molar-refractivity contribution in [2.45, 2.75) is 59.0 Å². The van der Waals surface area contributed by atoms with Crippen LogP contribution in [0.25, 0.3) is 0 Å². The summed E-state index contributed by atoms with van der Waals surface area (Å²) in [5.41, 5.74) is 0.992. The lowest BCUT2D eigenvalue weighted by Crippen LogP contribution is -2.12. The number of Topliss-reactive ketones (excluding diaryl/α,β-unsaturated/α-hetero) is 1. The van der Waals surface area contributed by atoms with E-state index in [1.165, 1.54) is 0 Å². The lowest BCUT2D eigenvalue weighted by atomic mass is 10.1. The number of unbranched alkanes of at least 4 members (excludes halogenated alkanes) is 2. The molecule has 6 heteroatoms. The van der Waals surface area contributed by atoms with E-state index in [4.69, 9.17) is 9.47 Å². The summed E-state index contributed by atoms with van der Waals surface area (Å²) in [6, 6.07) is 4.79. The molecule has 5 nitrogen and oxygen atoms in total. The first-order valence-electron chi connectivity index (χ1n) is 8.60. The SMILES string of the molecule is CCCCC(=O)OCc1cc(C(=O)CBr)ccc1OC(=O)CCCC. The predicted octanol–water partition coefficient (Wildman–Crippen LogP) is 4.59. The highest BCUT2D eigenvalue weighted by Gasteiger charge is 2.14. The van der Waals surface area contributed by atoms with Crippen molar-refractivity contribution in [1.82, 2.24) is 0 Å². The third kappa shape index (κ3) is 7.82. The minimum Gasteiger partial charge on any atom is -0.461 e. The number of alkyl halides is 1. The summed E-state index contributed by atoms with van der Waals surface area (Å²) >= 11 is 3.13. The Morgan fingerprint density at radius 2 is 1.64 bits per heavy atom. The number of carbonyl (C=O) groups is 3. The van der Waals surface area contributed by atoms with Gasteiger partial charge in [0.05, 0.1) is 5.33 Å². The van der Waals surface area contributed by atoms with Gasteiger partial charge in [-0.3, -0.25) is 14.4 Å². The van der Waals surface area contributed by atoms with E-state index in [0.717, 1.165) is 25.7 Å². The minimum atomic E-state index is -0.333. The molecule has 1 rings (SSSR count). The number of hydrogen-bond donors (Lipinski definition) is 0. The van der Waals surface area contributed by atoms with Gasteiger partial charge in [-0.1, -0.05) is 42.6 Å². The van der Waals surface area contributed by atoms with E-state index in [1.807, 2.05) is 13.8 Å². The van der Waals surface area contributed by atoms with Gasteiger partial charge in [0.15, 0.2) is 5.78 Å². The molecule has 0 aliphatic carbocycles. The Hall–Kier alpha value is -1.69. The van der Waals surface area contributed by atoms with Gasteiger partial charge in [-0.15, -0.1) is 0 Å². The average Bonchev–Trinajstić information content (AvgIpc) is 2.63. The predicted molar refractivity (Wildman–Crippen MR) is 99.0 cm³/mol. The van der Waals surface area contributed by atoms with Crippen molar-refractivity contribution in [3.05, 3.63) is 29.3 Å². The van der Waals surface area contributed by atoms with Crippen LogP contribution in [0.4, 0.5) is 0 Å². The molecule has 1 aromatic rings. The molecule has 0 N–H and O–H groups in total. The number of benzene rings is 1. The van der Waals surface area contributed by atoms with E-state index in [9.17, 15) is 14.4 Å². The van der Waals surface area contributed by atoms with Gasteiger partial charge in [-0.2, -0.15) is 0 Å². The molecule has 0 atom stereocenters. The van der Waals surface area contributed by atoms with E-state index in [0.29, 0.717) is 29.7 Å². The molecule has 25 heavy (non-hydrogen) atoms. The second-order valence-corrected chi connectivity index (χ2v) is 6.28. The van der Waals surface area contributed by atoms with E-state index >= 15 is 0 Å². The van der Waals surface area contributed by atoms with E-state index in [2.05, 4.69) is 15.9 Å². The van der Waals surface area contributed by atoms with Gasteiger partial charge < -0.3 is 9.47 Å². The van der Waals surface area contributed by atoms with Crippen LogP contribution in [0.1, 0.15) is 68.3 Å². The van der Waals surface area contributed by atoms with E-state index in [1.54, 1.807) is 18.2 Å². The van der Waals surface area contributed by atoms with Crippen molar-refractivity contribution < 1.29 is 23.9 Å². The first-order valence-corrected chi connectivity index (χ1v) is 9.72. The number of ketones is 1. The second kappa shape index (κ2) is 11.8. The van der Waals surface area contributed by atoms with Crippen molar-refractivity contribution in [2.24, 2.45) is 0 Å². The summed E-state index contributed by atoms with van der Waals surface area (Å²) in [4.78, 5) is 35.5. The number of ether oxygens (including phenoxy) is 2. The van der Waals surface area contributed by atoms with Crippen LogP contribution in [-0.4, -0.2) is 23.1 Å². The molecular weight excluding hydrogens is 388 g/mol. The van der Waals surface area contributed by atoms with E-state index in [-0.39, 0.29) is 29.7 Å². The van der Waals surface area contributed by atoms with Gasteiger partial charge in [0.2, 0.25) is 0 Å². The monoisotopic (exact) mass is 412 g/mol. The van der Waals surface area contributed by atoms with Gasteiger partial charge in [-0.05, 0) is 31.0 Å². The average molecular weight is 413 g/mol. The normalized spacial score (nSPS) is 10.4. The highest BCUT2D eigenvalue weighted by atomic mass is 79.9. The molecule has 0 spiro atoms. The van der Waals surface area contributed by atoms with Crippen LogP contribution in [0.5, 0.6) is 5.75 Å². The lowest BCUT2D eigenvalue weighted by molar-refractivity contribution is -0.145. The molecule has 0 radical (unpaired) electrons. The number of hydrogen-bond acceptors (Lipinski definition) is 5. The van der Waals surface area contributed by atoms with Gasteiger partial charge >= 0.3 is 11.9 Å². The summed E-state index contributed by atoms with van der Waals surface area (Å²) < 4.78 is 10.6. The topological polar surface area (TPSA) is 69.7 Å². The molecular formula is C19H25BrO5. The van der Waals surface area contributed by atoms with Crippen LogP contribution in [0, 0.1) is 0 Å². The van der Waals surface area contributed by atoms with Gasteiger partial charge in [0.1, 0.15) is 12.4 Å². The number of esters is 2. The highest BCUT2D eigenvalue weighted by molar-refractivity contribution is 9.09. The first kappa shape index (κ1) is 21.4. The summed E-state index contributed by atoms with van der Waals surface area (Å²) in [6.45, 7) is 3.97. The largest absolute Gasteiger partial charge is 0.461 e. The third-order valence-electron chi connectivity index (χ3n) is 3.59. The molecule has 0 amide bonds. The Morgan fingerprint density at radius 3 is 2.24 bits per heavy atom. The highest BCUT2D eigenvalue weighted by Crippen LogP contribution is 2.23. The zero-order valence-corrected chi connectivity index (χ0v) is 16.4. The molecule has 0 heterocycles. The maximum Gasteiger partial charge on any atom is 0.311 e. The van der Waals surface area contributed by atoms with Crippen molar-refractivity contribution in [3.8, 4) is 5.75 Å². The van der Waals surface area contributed by atoms with Crippen molar-refractivity contribution in [1.29, 1.82) is 0 Å². The smallest absolute Gasteiger partial charge is 0.311 e. The van der Waals surface area contributed by atoms with Gasteiger partial charge in [0.25, 0.3) is 0 Å². The summed E-state index contributed by atoms with van der Waals surface area (Å²) in [5, 5.41) is 0.193. The van der Waals surface area contributed by atoms with Crippen molar-refractivity contribution in [3.63, 3.8) is 0 Å². The minimum absolute atomic E-state index is 0.0255. The lowest BCUT2D eigenvalue weighted by Gasteiger charge is -2.12. The second-order valence-electron chi connectivity index (χ2n) is 5.72. The van der Waals surface area contributed by atoms with E-state index < -0.39 is 0 Å². The third-order valence-corrected chi connectivity index (χ3v) is 4.09. The van der Waals surface area contributed by atoms with Gasteiger partial charge in [0, 0.05) is 24.0 Å². The summed E-state index contributed by atoms with van der Waals surface area (Å²) in [7, 11) is 0. The molecule has 0 bridgehead atoms. The van der Waals surface area contributed by atoms with Gasteiger partial charge in [-0.25, -0.2) is 0 Å². The maximum atomic E-state index is 11.9. The Labute approximate surface area is 157 Å². The quantitative estimate of drug-likeness (QED) is 0.230. The molecule has 0 saturated heterocycles. The molecule has 138 valence electrons. The van der Waals surface area contributed by atoms with Crippen LogP contribution in [0.2, 0.25) is 0 Å². The Balaban J connectivity index is 2.88. The number of rotatable bonds is 11. The zero-order chi connectivity index (χ0) is 18.7. The summed E-state index contributed by atoms with van der Waals surface area (Å²) in [6.07, 6.45) is 4.00. The van der Waals surface area contributed by atoms with Crippen LogP contribution < -0.4 is 4.74 Å². The Bertz CT molecular complexity index is 597. The zero-order valence-electron chi connectivity index (χ0n) is 14.8. The molecule has 0 fully saturated rings. The maximum absolute atomic E-state index is 11.9. The molecule has 0 aromatic heterocycles. The Morgan fingerprint density at radius 1 is 1.00 bits per heavy atom. The molecule has 0 saturated carbocycles. The fourth-order valence-corrected chi connectivity index (χ4v) is 2.41. The molecule has 0 aliphatic rings. The van der Waals surface area contributed by atoms with Crippen molar-refractivity contribution >= 4 is 33.7 Å². The van der Waals surface area contributed by atoms with Crippen LogP contribution in [0.3, 0.4) is 0 Å². The molecule has 1 aromatic carbocycles. The number of carbonyl (C=O) groups excluding carboxylic acids is 3.